The number of carbonyl (C=O) groups is 2. The quantitative estimate of drug-likeness (QED) is 0.613. The second kappa shape index (κ2) is 8.91. The van der Waals surface area contributed by atoms with Crippen molar-refractivity contribution in [2.75, 3.05) is 13.1 Å². The van der Waals surface area contributed by atoms with Crippen LogP contribution in [0.4, 0.5) is 0 Å². The van der Waals surface area contributed by atoms with Gasteiger partial charge >= 0.3 is 0 Å². The van der Waals surface area contributed by atoms with Crippen molar-refractivity contribution in [1.29, 1.82) is 0 Å². The molecule has 2 atom stereocenters. The lowest BCUT2D eigenvalue weighted by atomic mass is 10.0. The Hall–Kier alpha value is -1.10. The van der Waals surface area contributed by atoms with E-state index >= 15 is 0 Å². The SMILES string of the molecule is CC(C)CC(=O)NC(C(=O)NCC(C)CN)C(C)C. The monoisotopic (exact) mass is 271 g/mol. The Kier molecular flexibility index (Phi) is 8.39. The number of hydrogen-bond acceptors (Lipinski definition) is 3. The zero-order valence-corrected chi connectivity index (χ0v) is 12.8. The van der Waals surface area contributed by atoms with Crippen LogP contribution in [0.3, 0.4) is 0 Å². The maximum absolute atomic E-state index is 12.1. The largest absolute Gasteiger partial charge is 0.354 e. The summed E-state index contributed by atoms with van der Waals surface area (Å²) in [6, 6.07) is -0.476. The van der Waals surface area contributed by atoms with Gasteiger partial charge in [0.05, 0.1) is 0 Å². The van der Waals surface area contributed by atoms with Crippen LogP contribution in [0.25, 0.3) is 0 Å². The highest BCUT2D eigenvalue weighted by Crippen LogP contribution is 2.05. The highest BCUT2D eigenvalue weighted by atomic mass is 16.2. The first-order valence-electron chi connectivity index (χ1n) is 7.05. The molecule has 0 bridgehead atoms. The number of nitrogens with two attached hydrogens (primary N) is 1. The fourth-order valence-electron chi connectivity index (χ4n) is 1.61. The van der Waals surface area contributed by atoms with Crippen LogP contribution >= 0.6 is 0 Å². The Labute approximate surface area is 116 Å². The highest BCUT2D eigenvalue weighted by molar-refractivity contribution is 5.87. The summed E-state index contributed by atoms with van der Waals surface area (Å²) >= 11 is 0. The minimum absolute atomic E-state index is 0.0595. The Morgan fingerprint density at radius 1 is 1.11 bits per heavy atom. The molecule has 0 fully saturated rings. The molecule has 0 heterocycles. The van der Waals surface area contributed by atoms with Crippen molar-refractivity contribution < 1.29 is 9.59 Å². The van der Waals surface area contributed by atoms with E-state index in [-0.39, 0.29) is 29.6 Å². The van der Waals surface area contributed by atoms with E-state index in [2.05, 4.69) is 10.6 Å². The first kappa shape index (κ1) is 17.9. The fraction of sp³-hybridized carbons (Fsp3) is 0.857. The summed E-state index contributed by atoms with van der Waals surface area (Å²) in [4.78, 5) is 23.8. The minimum Gasteiger partial charge on any atom is -0.354 e. The summed E-state index contributed by atoms with van der Waals surface area (Å²) in [6.45, 7) is 10.9. The van der Waals surface area contributed by atoms with Gasteiger partial charge in [0.15, 0.2) is 0 Å². The molecule has 0 aromatic heterocycles. The van der Waals surface area contributed by atoms with Crippen LogP contribution in [-0.2, 0) is 9.59 Å². The zero-order valence-electron chi connectivity index (χ0n) is 12.8. The first-order valence-corrected chi connectivity index (χ1v) is 7.05. The van der Waals surface area contributed by atoms with Gasteiger partial charge in [-0.25, -0.2) is 0 Å². The molecule has 0 aliphatic carbocycles. The van der Waals surface area contributed by atoms with E-state index in [9.17, 15) is 9.59 Å². The smallest absolute Gasteiger partial charge is 0.242 e. The topological polar surface area (TPSA) is 84.2 Å². The molecule has 0 aliphatic rings. The van der Waals surface area contributed by atoms with Crippen LogP contribution in [0.15, 0.2) is 0 Å². The molecule has 0 radical (unpaired) electrons. The van der Waals surface area contributed by atoms with Crippen molar-refractivity contribution in [3.8, 4) is 0 Å². The molecule has 2 unspecified atom stereocenters. The van der Waals surface area contributed by atoms with Crippen molar-refractivity contribution in [3.05, 3.63) is 0 Å². The van der Waals surface area contributed by atoms with E-state index in [4.69, 9.17) is 5.73 Å². The minimum atomic E-state index is -0.476. The van der Waals surface area contributed by atoms with Gasteiger partial charge in [-0.1, -0.05) is 34.6 Å². The van der Waals surface area contributed by atoms with Gasteiger partial charge in [0.1, 0.15) is 6.04 Å². The average molecular weight is 271 g/mol. The van der Waals surface area contributed by atoms with Crippen LogP contribution in [0.1, 0.15) is 41.0 Å². The molecule has 5 nitrogen and oxygen atoms in total. The fourth-order valence-corrected chi connectivity index (χ4v) is 1.61. The van der Waals surface area contributed by atoms with Gasteiger partial charge in [-0.15, -0.1) is 0 Å². The summed E-state index contributed by atoms with van der Waals surface area (Å²) in [6.07, 6.45) is 0.440. The Bertz CT molecular complexity index is 290. The van der Waals surface area contributed by atoms with Crippen LogP contribution < -0.4 is 16.4 Å². The van der Waals surface area contributed by atoms with E-state index in [1.54, 1.807) is 0 Å². The lowest BCUT2D eigenvalue weighted by molar-refractivity contribution is -0.130. The van der Waals surface area contributed by atoms with E-state index in [0.29, 0.717) is 19.5 Å². The molecule has 0 saturated heterocycles. The summed E-state index contributed by atoms with van der Waals surface area (Å²) in [5.74, 6) is 0.378. The Morgan fingerprint density at radius 3 is 2.11 bits per heavy atom. The van der Waals surface area contributed by atoms with Crippen molar-refractivity contribution in [3.63, 3.8) is 0 Å². The van der Waals surface area contributed by atoms with E-state index in [0.717, 1.165) is 0 Å². The molecular formula is C14H29N3O2. The van der Waals surface area contributed by atoms with Gasteiger partial charge in [0.2, 0.25) is 11.8 Å². The van der Waals surface area contributed by atoms with Gasteiger partial charge in [-0.05, 0) is 24.3 Å². The Morgan fingerprint density at radius 2 is 1.68 bits per heavy atom. The summed E-state index contributed by atoms with van der Waals surface area (Å²) in [5.41, 5.74) is 5.51. The van der Waals surface area contributed by atoms with E-state index in [1.807, 2.05) is 34.6 Å². The lowest BCUT2D eigenvalue weighted by Crippen LogP contribution is -2.50. The lowest BCUT2D eigenvalue weighted by Gasteiger charge is -2.23. The molecule has 112 valence electrons. The van der Waals surface area contributed by atoms with Crippen LogP contribution in [0.5, 0.6) is 0 Å². The van der Waals surface area contributed by atoms with E-state index in [1.165, 1.54) is 0 Å². The van der Waals surface area contributed by atoms with Crippen LogP contribution in [-0.4, -0.2) is 30.9 Å². The first-order chi connectivity index (χ1) is 8.77. The second-order valence-electron chi connectivity index (χ2n) is 5.97. The van der Waals surface area contributed by atoms with Crippen LogP contribution in [0, 0.1) is 17.8 Å². The normalized spacial score (nSPS) is 14.3. The number of amides is 2. The van der Waals surface area contributed by atoms with Crippen molar-refractivity contribution in [2.45, 2.75) is 47.1 Å². The molecule has 0 rings (SSSR count). The molecule has 4 N–H and O–H groups in total. The van der Waals surface area contributed by atoms with E-state index < -0.39 is 6.04 Å². The molecule has 0 aromatic rings. The van der Waals surface area contributed by atoms with Crippen molar-refractivity contribution in [2.24, 2.45) is 23.5 Å². The molecule has 0 aliphatic heterocycles. The maximum Gasteiger partial charge on any atom is 0.242 e. The van der Waals surface area contributed by atoms with Gasteiger partial charge in [0, 0.05) is 13.0 Å². The molecule has 0 spiro atoms. The van der Waals surface area contributed by atoms with Crippen molar-refractivity contribution in [1.82, 2.24) is 10.6 Å². The zero-order chi connectivity index (χ0) is 15.0. The summed E-state index contributed by atoms with van der Waals surface area (Å²) < 4.78 is 0. The standard InChI is InChI=1S/C14H29N3O2/c1-9(2)6-12(18)17-13(10(3)4)14(19)16-8-11(5)7-15/h9-11,13H,6-8,15H2,1-5H3,(H,16,19)(H,17,18). The number of rotatable bonds is 8. The number of nitrogens with one attached hydrogen (secondary N) is 2. The molecule has 0 aromatic carbocycles. The highest BCUT2D eigenvalue weighted by Gasteiger charge is 2.24. The average Bonchev–Trinajstić information content (AvgIpc) is 2.31. The van der Waals surface area contributed by atoms with Gasteiger partial charge in [0.25, 0.3) is 0 Å². The third-order valence-electron chi connectivity index (χ3n) is 2.89. The number of carbonyl (C=O) groups excluding carboxylic acids is 2. The molecule has 2 amide bonds. The van der Waals surface area contributed by atoms with Gasteiger partial charge in [-0.3, -0.25) is 9.59 Å². The third-order valence-corrected chi connectivity index (χ3v) is 2.89. The second-order valence-corrected chi connectivity index (χ2v) is 5.97. The summed E-state index contributed by atoms with van der Waals surface area (Å²) in [7, 11) is 0. The van der Waals surface area contributed by atoms with Crippen molar-refractivity contribution >= 4 is 11.8 Å². The molecule has 5 heteroatoms. The molecule has 0 saturated carbocycles. The number of hydrogen-bond donors (Lipinski definition) is 3. The predicted molar refractivity (Wildman–Crippen MR) is 77.5 cm³/mol. The van der Waals surface area contributed by atoms with Gasteiger partial charge < -0.3 is 16.4 Å². The van der Waals surface area contributed by atoms with Crippen LogP contribution in [0.2, 0.25) is 0 Å². The Balaban J connectivity index is 4.39. The summed E-state index contributed by atoms with van der Waals surface area (Å²) in [5, 5.41) is 5.65. The molecule has 19 heavy (non-hydrogen) atoms. The predicted octanol–water partition coefficient (Wildman–Crippen LogP) is 0.884. The third kappa shape index (κ3) is 7.82. The molecular weight excluding hydrogens is 242 g/mol. The maximum atomic E-state index is 12.1. The van der Waals surface area contributed by atoms with Gasteiger partial charge in [-0.2, -0.15) is 0 Å².